The minimum atomic E-state index is -0.762. The van der Waals surface area contributed by atoms with Crippen LogP contribution < -0.4 is 4.90 Å². The molecule has 0 aliphatic heterocycles. The van der Waals surface area contributed by atoms with Gasteiger partial charge in [0.1, 0.15) is 5.82 Å². The van der Waals surface area contributed by atoms with E-state index in [0.717, 1.165) is 0 Å². The Morgan fingerprint density at radius 1 is 1.12 bits per heavy atom. The zero-order chi connectivity index (χ0) is 19.1. The fourth-order valence-electron chi connectivity index (χ4n) is 2.14. The first-order valence-corrected chi connectivity index (χ1v) is 8.22. The molecular weight excluding hydrogens is 382 g/mol. The third-order valence-corrected chi connectivity index (χ3v) is 3.75. The number of carbonyl (C=O) groups is 2. The second-order valence-corrected chi connectivity index (χ2v) is 6.04. The van der Waals surface area contributed by atoms with E-state index in [4.69, 9.17) is 33.2 Å². The van der Waals surface area contributed by atoms with Gasteiger partial charge in [-0.25, -0.2) is 9.18 Å². The van der Waals surface area contributed by atoms with Crippen LogP contribution in [0.25, 0.3) is 0 Å². The first kappa shape index (κ1) is 19.7. The molecule has 0 fully saturated rings. The summed E-state index contributed by atoms with van der Waals surface area (Å²) in [6.45, 7) is -0.465. The van der Waals surface area contributed by atoms with Crippen molar-refractivity contribution < 1.29 is 18.7 Å². The topological polar surface area (TPSA) is 70.4 Å². The van der Waals surface area contributed by atoms with E-state index in [0.29, 0.717) is 5.69 Å². The highest BCUT2D eigenvalue weighted by atomic mass is 35.5. The number of amides is 1. The summed E-state index contributed by atoms with van der Waals surface area (Å²) in [6.07, 6.45) is 0.0704. The fraction of sp³-hybridized carbons (Fsp3) is 0.167. The molecule has 0 spiro atoms. The van der Waals surface area contributed by atoms with Crippen molar-refractivity contribution in [2.24, 2.45) is 0 Å². The number of rotatable bonds is 6. The first-order chi connectivity index (χ1) is 12.4. The van der Waals surface area contributed by atoms with Crippen LogP contribution in [0.4, 0.5) is 10.1 Å². The van der Waals surface area contributed by atoms with Crippen molar-refractivity contribution in [1.82, 2.24) is 0 Å². The van der Waals surface area contributed by atoms with Crippen molar-refractivity contribution in [3.63, 3.8) is 0 Å². The van der Waals surface area contributed by atoms with Gasteiger partial charge >= 0.3 is 5.97 Å². The van der Waals surface area contributed by atoms with E-state index in [-0.39, 0.29) is 28.6 Å². The molecule has 0 saturated carbocycles. The van der Waals surface area contributed by atoms with Gasteiger partial charge in [-0.3, -0.25) is 4.79 Å². The minimum Gasteiger partial charge on any atom is -0.452 e. The Morgan fingerprint density at radius 3 is 2.31 bits per heavy atom. The molecule has 2 aromatic carbocycles. The zero-order valence-electron chi connectivity index (χ0n) is 13.4. The quantitative estimate of drug-likeness (QED) is 0.687. The molecule has 0 aromatic heterocycles. The van der Waals surface area contributed by atoms with E-state index < -0.39 is 24.3 Å². The number of carbonyl (C=O) groups excluding carboxylic acids is 2. The molecule has 2 aromatic rings. The Bertz CT molecular complexity index is 830. The average molecular weight is 395 g/mol. The summed E-state index contributed by atoms with van der Waals surface area (Å²) in [4.78, 5) is 25.7. The van der Waals surface area contributed by atoms with Crippen molar-refractivity contribution in [3.8, 4) is 6.07 Å². The molecule has 0 aliphatic rings. The number of nitrogens with zero attached hydrogens (tertiary/aromatic N) is 2. The summed E-state index contributed by atoms with van der Waals surface area (Å²) in [6, 6.07) is 11.3. The SMILES string of the molecule is N#CCCN(C(=O)COC(=O)c1cc(Cl)cc(Cl)c1)c1ccc(F)cc1. The normalized spacial score (nSPS) is 10.1. The number of nitriles is 1. The highest BCUT2D eigenvalue weighted by Crippen LogP contribution is 2.20. The van der Waals surface area contributed by atoms with Crippen LogP contribution in [0.2, 0.25) is 10.0 Å². The first-order valence-electron chi connectivity index (χ1n) is 7.47. The fourth-order valence-corrected chi connectivity index (χ4v) is 2.67. The third-order valence-electron chi connectivity index (χ3n) is 3.31. The molecule has 0 atom stereocenters. The Labute approximate surface area is 159 Å². The van der Waals surface area contributed by atoms with Gasteiger partial charge in [-0.15, -0.1) is 0 Å². The molecule has 5 nitrogen and oxygen atoms in total. The van der Waals surface area contributed by atoms with Crippen LogP contribution in [-0.4, -0.2) is 25.0 Å². The summed E-state index contributed by atoms with van der Waals surface area (Å²) >= 11 is 11.7. The molecule has 0 heterocycles. The number of esters is 1. The maximum atomic E-state index is 13.1. The maximum Gasteiger partial charge on any atom is 0.338 e. The number of halogens is 3. The predicted octanol–water partition coefficient (Wildman–Crippen LogP) is 4.24. The number of anilines is 1. The molecule has 0 saturated heterocycles. The minimum absolute atomic E-state index is 0.0704. The van der Waals surface area contributed by atoms with Crippen molar-refractivity contribution in [2.45, 2.75) is 6.42 Å². The van der Waals surface area contributed by atoms with Gasteiger partial charge in [0.05, 0.1) is 18.1 Å². The average Bonchev–Trinajstić information content (AvgIpc) is 2.60. The van der Waals surface area contributed by atoms with Crippen molar-refractivity contribution in [3.05, 3.63) is 63.9 Å². The molecule has 1 amide bonds. The molecule has 26 heavy (non-hydrogen) atoms. The van der Waals surface area contributed by atoms with Gasteiger partial charge in [0.15, 0.2) is 6.61 Å². The van der Waals surface area contributed by atoms with E-state index in [2.05, 4.69) is 0 Å². The third kappa shape index (κ3) is 5.45. The summed E-state index contributed by atoms with van der Waals surface area (Å²) in [5.74, 6) is -1.76. The van der Waals surface area contributed by atoms with E-state index in [1.54, 1.807) is 0 Å². The summed E-state index contributed by atoms with van der Waals surface area (Å²) in [5, 5.41) is 9.27. The van der Waals surface area contributed by atoms with Gasteiger partial charge in [0.2, 0.25) is 0 Å². The Morgan fingerprint density at radius 2 is 1.73 bits per heavy atom. The standard InChI is InChI=1S/C18H13Cl2FN2O3/c19-13-8-12(9-14(20)10-13)18(25)26-11-17(24)23(7-1-6-22)16-4-2-15(21)3-5-16/h2-5,8-10H,1,7,11H2. The van der Waals surface area contributed by atoms with Crippen LogP contribution in [-0.2, 0) is 9.53 Å². The highest BCUT2D eigenvalue weighted by molar-refractivity contribution is 6.35. The van der Waals surface area contributed by atoms with Crippen LogP contribution in [0.15, 0.2) is 42.5 Å². The van der Waals surface area contributed by atoms with Gasteiger partial charge in [-0.2, -0.15) is 5.26 Å². The second kappa shape index (κ2) is 9.18. The van der Waals surface area contributed by atoms with E-state index in [1.165, 1.54) is 47.4 Å². The number of benzene rings is 2. The van der Waals surface area contributed by atoms with Crippen molar-refractivity contribution in [2.75, 3.05) is 18.1 Å². The molecule has 0 aliphatic carbocycles. The van der Waals surface area contributed by atoms with E-state index in [9.17, 15) is 14.0 Å². The largest absolute Gasteiger partial charge is 0.452 e. The molecule has 2 rings (SSSR count). The lowest BCUT2D eigenvalue weighted by atomic mass is 10.2. The zero-order valence-corrected chi connectivity index (χ0v) is 14.9. The van der Waals surface area contributed by atoms with Gasteiger partial charge in [0.25, 0.3) is 5.91 Å². The van der Waals surface area contributed by atoms with Crippen LogP contribution >= 0.6 is 23.2 Å². The molecule has 0 N–H and O–H groups in total. The molecule has 8 heteroatoms. The summed E-state index contributed by atoms with van der Waals surface area (Å²) in [5.41, 5.74) is 0.508. The smallest absolute Gasteiger partial charge is 0.338 e. The molecular formula is C18H13Cl2FN2O3. The molecule has 0 radical (unpaired) electrons. The lowest BCUT2D eigenvalue weighted by Crippen LogP contribution is -2.35. The lowest BCUT2D eigenvalue weighted by Gasteiger charge is -2.21. The van der Waals surface area contributed by atoms with Crippen LogP contribution in [0.3, 0.4) is 0 Å². The highest BCUT2D eigenvalue weighted by Gasteiger charge is 2.18. The monoisotopic (exact) mass is 394 g/mol. The number of ether oxygens (including phenoxy) is 1. The molecule has 0 bridgehead atoms. The van der Waals surface area contributed by atoms with Gasteiger partial charge < -0.3 is 9.64 Å². The van der Waals surface area contributed by atoms with E-state index in [1.807, 2.05) is 6.07 Å². The van der Waals surface area contributed by atoms with Crippen LogP contribution in [0.5, 0.6) is 0 Å². The molecule has 134 valence electrons. The lowest BCUT2D eigenvalue weighted by molar-refractivity contribution is -0.121. The Balaban J connectivity index is 2.07. The van der Waals surface area contributed by atoms with Gasteiger partial charge in [-0.1, -0.05) is 23.2 Å². The Kier molecular flexibility index (Phi) is 6.96. The van der Waals surface area contributed by atoms with Crippen LogP contribution in [0.1, 0.15) is 16.8 Å². The maximum absolute atomic E-state index is 13.1. The van der Waals surface area contributed by atoms with E-state index >= 15 is 0 Å². The van der Waals surface area contributed by atoms with Crippen LogP contribution in [0, 0.1) is 17.1 Å². The Hall–Kier alpha value is -2.62. The number of hydrogen-bond donors (Lipinski definition) is 0. The summed E-state index contributed by atoms with van der Waals surface area (Å²) < 4.78 is 18.1. The van der Waals surface area contributed by atoms with Crippen molar-refractivity contribution >= 4 is 40.8 Å². The summed E-state index contributed by atoms with van der Waals surface area (Å²) in [7, 11) is 0. The molecule has 0 unspecified atom stereocenters. The predicted molar refractivity (Wildman–Crippen MR) is 95.7 cm³/mol. The van der Waals surface area contributed by atoms with Gasteiger partial charge in [-0.05, 0) is 42.5 Å². The number of hydrogen-bond acceptors (Lipinski definition) is 4. The van der Waals surface area contributed by atoms with Gasteiger partial charge in [0, 0.05) is 22.3 Å². The second-order valence-electron chi connectivity index (χ2n) is 5.16. The van der Waals surface area contributed by atoms with Crippen molar-refractivity contribution in [1.29, 1.82) is 5.26 Å².